The van der Waals surface area contributed by atoms with Crippen LogP contribution in [-0.4, -0.2) is 0 Å². The first-order chi connectivity index (χ1) is 34.8. The molecule has 336 valence electrons. The normalized spacial score (nSPS) is 10.7. The Bertz CT molecular complexity index is 2710. The molecule has 12 rings (SSSR count). The van der Waals surface area contributed by atoms with Gasteiger partial charge in [-0.05, 0) is 22.3 Å². The number of hydrogen-bond acceptors (Lipinski definition) is 0. The van der Waals surface area contributed by atoms with E-state index < -0.39 is 0 Å². The van der Waals surface area contributed by atoms with Gasteiger partial charge in [-0.3, -0.25) is 0 Å². The van der Waals surface area contributed by atoms with Crippen LogP contribution in [0.25, 0.3) is 111 Å². The Morgan fingerprint density at radius 3 is 0.465 bits per heavy atom. The third-order valence-corrected chi connectivity index (χ3v) is 13.1. The van der Waals surface area contributed by atoms with Crippen LogP contribution in [0.3, 0.4) is 0 Å². The molecule has 0 N–H and O–H groups in total. The van der Waals surface area contributed by atoms with Gasteiger partial charge in [0.1, 0.15) is 0 Å². The minimum Gasteiger partial charge on any atom is -0.0999 e. The summed E-state index contributed by atoms with van der Waals surface area (Å²) in [5, 5.41) is 0. The fraction of sp³-hybridized carbons (Fsp3) is 0. The maximum atomic E-state index is 2.23. The van der Waals surface area contributed by atoms with E-state index in [0.29, 0.717) is 0 Å². The van der Waals surface area contributed by atoms with Crippen LogP contribution in [0.1, 0.15) is 0 Å². The summed E-state index contributed by atoms with van der Waals surface area (Å²) in [6, 6.07) is 108. The van der Waals surface area contributed by atoms with E-state index in [0.717, 1.165) is 0 Å². The summed E-state index contributed by atoms with van der Waals surface area (Å²) in [5.41, 5.74) is 25.0. The number of rotatable bonds is 10. The zero-order valence-electron chi connectivity index (χ0n) is 39.3. The zero-order valence-corrected chi connectivity index (χ0v) is 41.3. The predicted octanol–water partition coefficient (Wildman–Crippen LogP) is 19.5. The smallest absolute Gasteiger partial charge is 0.0999 e. The third kappa shape index (κ3) is 9.52. The fourth-order valence-electron chi connectivity index (χ4n) is 10.2. The van der Waals surface area contributed by atoms with E-state index in [1.807, 2.05) is 0 Å². The molecule has 12 aromatic rings. The number of benzene rings is 10. The monoisotopic (exact) mass is 988 g/mol. The molecule has 0 amide bonds. The Balaban J connectivity index is 0.000000162. The van der Waals surface area contributed by atoms with Gasteiger partial charge in [-0.2, -0.15) is 0 Å². The Hall–Kier alpha value is -8.41. The van der Waals surface area contributed by atoms with E-state index in [-0.39, 0.29) is 21.1 Å². The second-order valence-electron chi connectivity index (χ2n) is 17.4. The maximum Gasteiger partial charge on any atom is 2.00 e. The molecule has 0 fully saturated rings. The first-order valence-electron chi connectivity index (χ1n) is 24.1. The predicted molar refractivity (Wildman–Crippen MR) is 298 cm³/mol. The van der Waals surface area contributed by atoms with Gasteiger partial charge in [-0.15, -0.1) is 0 Å². The van der Waals surface area contributed by atoms with Gasteiger partial charge in [-0.25, -0.2) is 0 Å². The van der Waals surface area contributed by atoms with Crippen molar-refractivity contribution in [2.75, 3.05) is 0 Å². The second kappa shape index (κ2) is 21.9. The van der Waals surface area contributed by atoms with E-state index in [4.69, 9.17) is 0 Å². The average molecular weight is 987 g/mol. The van der Waals surface area contributed by atoms with E-state index >= 15 is 0 Å². The van der Waals surface area contributed by atoms with Gasteiger partial charge in [0.2, 0.25) is 0 Å². The molecule has 0 nitrogen and oxygen atoms in total. The van der Waals surface area contributed by atoms with Gasteiger partial charge in [0.05, 0.1) is 0 Å². The van der Waals surface area contributed by atoms with E-state index in [1.54, 1.807) is 0 Å². The van der Waals surface area contributed by atoms with Crippen LogP contribution < -0.4 is 0 Å². The largest absolute Gasteiger partial charge is 2.00 e. The standard InChI is InChI=1S/2C35H25.Mo/c2*1-6-16-26(17-7-1)31-32(27-18-8-2-9-19-27)34(29-22-12-4-13-23-29)35(30-24-14-5-15-25-30)33(31)28-20-10-3-11-21-28;/h2*1-25H;/q2*-1;+2. The molecule has 0 radical (unpaired) electrons. The van der Waals surface area contributed by atoms with Crippen molar-refractivity contribution in [3.05, 3.63) is 303 Å². The van der Waals surface area contributed by atoms with Crippen LogP contribution in [0, 0.1) is 0 Å². The molecule has 0 spiro atoms. The molecule has 71 heavy (non-hydrogen) atoms. The van der Waals surface area contributed by atoms with Crippen molar-refractivity contribution in [2.24, 2.45) is 0 Å². The van der Waals surface area contributed by atoms with Crippen LogP contribution in [-0.2, 0) is 21.1 Å². The summed E-state index contributed by atoms with van der Waals surface area (Å²) in [6.07, 6.45) is 0. The molecular formula is C70H50Mo. The van der Waals surface area contributed by atoms with Gasteiger partial charge < -0.3 is 0 Å². The molecule has 0 aliphatic rings. The molecule has 0 atom stereocenters. The minimum absolute atomic E-state index is 0. The molecule has 1 heteroatoms. The van der Waals surface area contributed by atoms with E-state index in [9.17, 15) is 0 Å². The molecule has 12 aromatic carbocycles. The number of hydrogen-bond donors (Lipinski definition) is 0. The van der Waals surface area contributed by atoms with Gasteiger partial charge in [-0.1, -0.05) is 392 Å². The Labute approximate surface area is 432 Å². The molecule has 0 saturated heterocycles. The quantitative estimate of drug-likeness (QED) is 0.0946. The zero-order chi connectivity index (χ0) is 46.9. The molecule has 0 saturated carbocycles. The molecular weight excluding hydrogens is 937 g/mol. The van der Waals surface area contributed by atoms with Crippen LogP contribution in [0.5, 0.6) is 0 Å². The maximum absolute atomic E-state index is 2.23. The summed E-state index contributed by atoms with van der Waals surface area (Å²) >= 11 is 0. The van der Waals surface area contributed by atoms with Crippen molar-refractivity contribution in [1.29, 1.82) is 0 Å². The molecule has 0 aliphatic heterocycles. The van der Waals surface area contributed by atoms with Crippen molar-refractivity contribution in [3.8, 4) is 111 Å². The van der Waals surface area contributed by atoms with Gasteiger partial charge in [0.25, 0.3) is 0 Å². The first-order valence-corrected chi connectivity index (χ1v) is 24.1. The van der Waals surface area contributed by atoms with Crippen LogP contribution in [0.2, 0.25) is 0 Å². The topological polar surface area (TPSA) is 0 Å². The minimum atomic E-state index is 0. The first kappa shape index (κ1) is 46.3. The summed E-state index contributed by atoms with van der Waals surface area (Å²) in [4.78, 5) is 0. The molecule has 0 bridgehead atoms. The van der Waals surface area contributed by atoms with Crippen molar-refractivity contribution in [2.45, 2.75) is 0 Å². The van der Waals surface area contributed by atoms with Gasteiger partial charge in [0.15, 0.2) is 0 Å². The Morgan fingerprint density at radius 1 is 0.155 bits per heavy atom. The van der Waals surface area contributed by atoms with Crippen LogP contribution in [0.4, 0.5) is 0 Å². The van der Waals surface area contributed by atoms with Crippen molar-refractivity contribution in [3.63, 3.8) is 0 Å². The molecule has 0 aliphatic carbocycles. The summed E-state index contributed by atoms with van der Waals surface area (Å²) < 4.78 is 0. The molecule has 0 aromatic heterocycles. The Morgan fingerprint density at radius 2 is 0.296 bits per heavy atom. The molecule has 0 heterocycles. The SMILES string of the molecule is [Mo+2].c1ccc(-c2c(-c3ccccc3)c(-c3ccccc3)[c-](-c3ccccc3)c2-c2ccccc2)cc1.c1ccc(-c2c(-c3ccccc3)c(-c3ccccc3)[c-](-c3ccccc3)c2-c2ccccc2)cc1. The molecule has 0 unspecified atom stereocenters. The van der Waals surface area contributed by atoms with E-state index in [2.05, 4.69) is 303 Å². The summed E-state index contributed by atoms with van der Waals surface area (Å²) in [6.45, 7) is 0. The van der Waals surface area contributed by atoms with Crippen LogP contribution in [0.15, 0.2) is 303 Å². The summed E-state index contributed by atoms with van der Waals surface area (Å²) in [7, 11) is 0. The summed E-state index contributed by atoms with van der Waals surface area (Å²) in [5.74, 6) is 0. The Kier molecular flexibility index (Phi) is 14.3. The fourth-order valence-corrected chi connectivity index (χ4v) is 10.2. The van der Waals surface area contributed by atoms with E-state index in [1.165, 1.54) is 111 Å². The van der Waals surface area contributed by atoms with Gasteiger partial charge >= 0.3 is 21.1 Å². The average Bonchev–Trinajstić information content (AvgIpc) is 4.01. The van der Waals surface area contributed by atoms with Crippen LogP contribution >= 0.6 is 0 Å². The second-order valence-corrected chi connectivity index (χ2v) is 17.4. The van der Waals surface area contributed by atoms with Crippen molar-refractivity contribution >= 4 is 0 Å². The van der Waals surface area contributed by atoms with Gasteiger partial charge in [0, 0.05) is 0 Å². The van der Waals surface area contributed by atoms with Crippen molar-refractivity contribution < 1.29 is 21.1 Å². The third-order valence-electron chi connectivity index (χ3n) is 13.1. The van der Waals surface area contributed by atoms with Crippen molar-refractivity contribution in [1.82, 2.24) is 0 Å².